The molecule has 0 fully saturated rings. The van der Waals surface area contributed by atoms with E-state index in [1.165, 1.54) is 7.11 Å². The highest BCUT2D eigenvalue weighted by Crippen LogP contribution is 2.04. The predicted octanol–water partition coefficient (Wildman–Crippen LogP) is 0.188. The molecule has 5 nitrogen and oxygen atoms in total. The Hall–Kier alpha value is -1.88. The molecular formula is C13H17NO4. The number of aliphatic hydroxyl groups is 1. The van der Waals surface area contributed by atoms with Crippen LogP contribution in [0.15, 0.2) is 24.3 Å². The summed E-state index contributed by atoms with van der Waals surface area (Å²) in [5, 5.41) is 11.4. The fourth-order valence-electron chi connectivity index (χ4n) is 1.46. The number of hydrogen-bond acceptors (Lipinski definition) is 4. The van der Waals surface area contributed by atoms with Gasteiger partial charge in [-0.3, -0.25) is 4.79 Å². The predicted molar refractivity (Wildman–Crippen MR) is 65.9 cm³/mol. The molecule has 0 spiro atoms. The smallest absolute Gasteiger partial charge is 0.330 e. The van der Waals surface area contributed by atoms with E-state index in [2.05, 4.69) is 10.1 Å². The number of rotatable bonds is 5. The van der Waals surface area contributed by atoms with Crippen molar-refractivity contribution in [2.75, 3.05) is 13.7 Å². The second kappa shape index (κ2) is 6.76. The third-order valence-corrected chi connectivity index (χ3v) is 2.49. The molecule has 0 heterocycles. The molecule has 98 valence electrons. The van der Waals surface area contributed by atoms with Gasteiger partial charge in [0.1, 0.15) is 0 Å². The number of hydrogen-bond donors (Lipinski definition) is 2. The van der Waals surface area contributed by atoms with Crippen LogP contribution in [0.25, 0.3) is 0 Å². The monoisotopic (exact) mass is 251 g/mol. The van der Waals surface area contributed by atoms with Crippen LogP contribution >= 0.6 is 0 Å². The van der Waals surface area contributed by atoms with Crippen molar-refractivity contribution in [3.63, 3.8) is 0 Å². The van der Waals surface area contributed by atoms with Gasteiger partial charge in [0.2, 0.25) is 5.91 Å². The van der Waals surface area contributed by atoms with Crippen LogP contribution in [0.3, 0.4) is 0 Å². The second-order valence-corrected chi connectivity index (χ2v) is 3.99. The molecule has 1 unspecified atom stereocenters. The highest BCUT2D eigenvalue weighted by molar-refractivity contribution is 5.85. The highest BCUT2D eigenvalue weighted by Gasteiger charge is 2.20. The van der Waals surface area contributed by atoms with E-state index in [0.29, 0.717) is 0 Å². The van der Waals surface area contributed by atoms with Gasteiger partial charge in [-0.2, -0.15) is 0 Å². The lowest BCUT2D eigenvalue weighted by Crippen LogP contribution is -2.44. The largest absolute Gasteiger partial charge is 0.467 e. The lowest BCUT2D eigenvalue weighted by Gasteiger charge is -2.13. The minimum absolute atomic E-state index is 0.160. The van der Waals surface area contributed by atoms with E-state index < -0.39 is 18.6 Å². The zero-order chi connectivity index (χ0) is 13.5. The summed E-state index contributed by atoms with van der Waals surface area (Å²) in [4.78, 5) is 22.8. The van der Waals surface area contributed by atoms with Gasteiger partial charge >= 0.3 is 5.97 Å². The van der Waals surface area contributed by atoms with Crippen LogP contribution in [0.5, 0.6) is 0 Å². The summed E-state index contributed by atoms with van der Waals surface area (Å²) in [7, 11) is 1.21. The molecule has 0 aliphatic carbocycles. The molecule has 0 aliphatic rings. The minimum Gasteiger partial charge on any atom is -0.467 e. The quantitative estimate of drug-likeness (QED) is 0.732. The molecule has 18 heavy (non-hydrogen) atoms. The molecule has 0 saturated heterocycles. The first-order valence-electron chi connectivity index (χ1n) is 5.60. The number of esters is 1. The molecule has 0 aromatic heterocycles. The average Bonchev–Trinajstić information content (AvgIpc) is 2.37. The van der Waals surface area contributed by atoms with Gasteiger partial charge < -0.3 is 15.2 Å². The summed E-state index contributed by atoms with van der Waals surface area (Å²) in [6.07, 6.45) is 0.160. The number of carbonyl (C=O) groups excluding carboxylic acids is 2. The molecular weight excluding hydrogens is 234 g/mol. The maximum absolute atomic E-state index is 11.7. The summed E-state index contributed by atoms with van der Waals surface area (Å²) in [6, 6.07) is 6.51. The van der Waals surface area contributed by atoms with Gasteiger partial charge in [0.15, 0.2) is 6.04 Å². The van der Waals surface area contributed by atoms with Gasteiger partial charge in [-0.15, -0.1) is 0 Å². The van der Waals surface area contributed by atoms with Crippen LogP contribution in [0.1, 0.15) is 11.1 Å². The summed E-state index contributed by atoms with van der Waals surface area (Å²) < 4.78 is 4.46. The van der Waals surface area contributed by atoms with E-state index in [4.69, 9.17) is 5.11 Å². The van der Waals surface area contributed by atoms with Gasteiger partial charge in [-0.1, -0.05) is 29.8 Å². The molecule has 0 radical (unpaired) electrons. The van der Waals surface area contributed by atoms with Crippen molar-refractivity contribution in [2.45, 2.75) is 19.4 Å². The maximum atomic E-state index is 11.7. The molecule has 2 N–H and O–H groups in total. The lowest BCUT2D eigenvalue weighted by molar-refractivity contribution is -0.146. The van der Waals surface area contributed by atoms with Crippen LogP contribution in [-0.4, -0.2) is 36.7 Å². The average molecular weight is 251 g/mol. The second-order valence-electron chi connectivity index (χ2n) is 3.99. The Labute approximate surface area is 106 Å². The van der Waals surface area contributed by atoms with E-state index in [-0.39, 0.29) is 12.3 Å². The maximum Gasteiger partial charge on any atom is 0.330 e. The first-order valence-corrected chi connectivity index (χ1v) is 5.60. The minimum atomic E-state index is -1.01. The highest BCUT2D eigenvalue weighted by atomic mass is 16.5. The summed E-state index contributed by atoms with van der Waals surface area (Å²) in [5.74, 6) is -0.988. The molecule has 1 aromatic carbocycles. The van der Waals surface area contributed by atoms with Gasteiger partial charge in [-0.25, -0.2) is 4.79 Å². The van der Waals surface area contributed by atoms with Crippen molar-refractivity contribution in [3.8, 4) is 0 Å². The Morgan fingerprint density at radius 2 is 1.94 bits per heavy atom. The number of aliphatic hydroxyl groups excluding tert-OH is 1. The topological polar surface area (TPSA) is 75.6 Å². The first kappa shape index (κ1) is 14.2. The van der Waals surface area contributed by atoms with E-state index in [0.717, 1.165) is 11.1 Å². The molecule has 5 heteroatoms. The number of carbonyl (C=O) groups is 2. The number of amides is 1. The normalized spacial score (nSPS) is 11.7. The van der Waals surface area contributed by atoms with Crippen LogP contribution < -0.4 is 5.32 Å². The van der Waals surface area contributed by atoms with Gasteiger partial charge in [0, 0.05) is 0 Å². The Balaban J connectivity index is 2.55. The molecule has 0 aliphatic heterocycles. The molecule has 1 amide bonds. The Bertz CT molecular complexity index is 414. The molecule has 0 bridgehead atoms. The van der Waals surface area contributed by atoms with Crippen LogP contribution in [0.2, 0.25) is 0 Å². The van der Waals surface area contributed by atoms with Crippen molar-refractivity contribution in [1.82, 2.24) is 5.32 Å². The van der Waals surface area contributed by atoms with Gasteiger partial charge in [0.25, 0.3) is 0 Å². The molecule has 1 atom stereocenters. The van der Waals surface area contributed by atoms with Crippen molar-refractivity contribution in [2.24, 2.45) is 0 Å². The van der Waals surface area contributed by atoms with E-state index in [9.17, 15) is 9.59 Å². The Kier molecular flexibility index (Phi) is 5.32. The van der Waals surface area contributed by atoms with Crippen molar-refractivity contribution in [1.29, 1.82) is 0 Å². The third-order valence-electron chi connectivity index (χ3n) is 2.49. The number of ether oxygens (including phenoxy) is 1. The Morgan fingerprint density at radius 3 is 2.44 bits per heavy atom. The number of nitrogens with one attached hydrogen (secondary N) is 1. The third kappa shape index (κ3) is 4.18. The standard InChI is InChI=1S/C13H17NO4/c1-9-3-5-10(6-4-9)7-12(16)14-11(8-15)13(17)18-2/h3-6,11,15H,7-8H2,1-2H3,(H,14,16). The number of methoxy groups -OCH3 is 1. The fraction of sp³-hybridized carbons (Fsp3) is 0.385. The summed E-state index contributed by atoms with van der Waals surface area (Å²) in [6.45, 7) is 1.48. The zero-order valence-corrected chi connectivity index (χ0v) is 10.5. The number of benzene rings is 1. The van der Waals surface area contributed by atoms with Crippen molar-refractivity contribution >= 4 is 11.9 Å². The van der Waals surface area contributed by atoms with Gasteiger partial charge in [0.05, 0.1) is 20.1 Å². The molecule has 1 rings (SSSR count). The SMILES string of the molecule is COC(=O)C(CO)NC(=O)Cc1ccc(C)cc1. The van der Waals surface area contributed by atoms with Crippen LogP contribution in [-0.2, 0) is 20.7 Å². The van der Waals surface area contributed by atoms with Crippen LogP contribution in [0.4, 0.5) is 0 Å². The zero-order valence-electron chi connectivity index (χ0n) is 10.5. The number of aryl methyl sites for hydroxylation is 1. The lowest BCUT2D eigenvalue weighted by atomic mass is 10.1. The van der Waals surface area contributed by atoms with Gasteiger partial charge in [-0.05, 0) is 12.5 Å². The summed E-state index contributed by atoms with van der Waals surface area (Å²) >= 11 is 0. The van der Waals surface area contributed by atoms with E-state index >= 15 is 0 Å². The fourth-order valence-corrected chi connectivity index (χ4v) is 1.46. The van der Waals surface area contributed by atoms with E-state index in [1.54, 1.807) is 0 Å². The van der Waals surface area contributed by atoms with Crippen molar-refractivity contribution < 1.29 is 19.4 Å². The Morgan fingerprint density at radius 1 is 1.33 bits per heavy atom. The van der Waals surface area contributed by atoms with Crippen molar-refractivity contribution in [3.05, 3.63) is 35.4 Å². The van der Waals surface area contributed by atoms with E-state index in [1.807, 2.05) is 31.2 Å². The molecule has 1 aromatic rings. The summed E-state index contributed by atoms with van der Waals surface area (Å²) in [5.41, 5.74) is 1.96. The van der Waals surface area contributed by atoms with Crippen LogP contribution in [0, 0.1) is 6.92 Å². The first-order chi connectivity index (χ1) is 8.56. The molecule has 0 saturated carbocycles.